The van der Waals surface area contributed by atoms with Crippen molar-refractivity contribution in [1.29, 1.82) is 0 Å². The number of nitrogens with zero attached hydrogens (tertiary/aromatic N) is 1. The van der Waals surface area contributed by atoms with E-state index in [1.54, 1.807) is 6.07 Å². The first-order valence-electron chi connectivity index (χ1n) is 8.09. The van der Waals surface area contributed by atoms with Gasteiger partial charge in [-0.25, -0.2) is 4.79 Å². The molecule has 25 heavy (non-hydrogen) atoms. The summed E-state index contributed by atoms with van der Waals surface area (Å²) in [7, 11) is 1.40. The Bertz CT molecular complexity index is 724. The average molecular weight is 346 g/mol. The van der Waals surface area contributed by atoms with Crippen LogP contribution in [-0.2, 0) is 9.59 Å². The Labute approximate surface area is 146 Å². The Morgan fingerprint density at radius 2 is 2.00 bits per heavy atom. The summed E-state index contributed by atoms with van der Waals surface area (Å²) in [5, 5.41) is 11.8. The minimum Gasteiger partial charge on any atom is -0.504 e. The molecule has 0 unspecified atom stereocenters. The smallest absolute Gasteiger partial charge is 0.331 e. The molecule has 0 aromatic heterocycles. The number of rotatable bonds is 6. The summed E-state index contributed by atoms with van der Waals surface area (Å²) in [5.41, 5.74) is 0.376. The van der Waals surface area contributed by atoms with Crippen LogP contribution in [0, 0.1) is 5.92 Å². The predicted octanol–water partition coefficient (Wildman–Crippen LogP) is 2.30. The number of hydrogen-bond acceptors (Lipinski definition) is 5. The van der Waals surface area contributed by atoms with Crippen LogP contribution >= 0.6 is 0 Å². The summed E-state index contributed by atoms with van der Waals surface area (Å²) in [6.07, 6.45) is 2.92. The Hall–Kier alpha value is -2.83. The van der Waals surface area contributed by atoms with Gasteiger partial charge in [-0.1, -0.05) is 19.9 Å². The maximum absolute atomic E-state index is 12.5. The van der Waals surface area contributed by atoms with E-state index < -0.39 is 17.8 Å². The van der Waals surface area contributed by atoms with Crippen LogP contribution in [0.4, 0.5) is 4.79 Å². The number of benzene rings is 1. The third-order valence-corrected chi connectivity index (χ3v) is 3.86. The lowest BCUT2D eigenvalue weighted by Gasteiger charge is -2.26. The number of amides is 4. The fourth-order valence-corrected chi connectivity index (χ4v) is 2.51. The van der Waals surface area contributed by atoms with Gasteiger partial charge in [-0.05, 0) is 42.5 Å². The number of methoxy groups -OCH3 is 1. The van der Waals surface area contributed by atoms with Gasteiger partial charge >= 0.3 is 6.03 Å². The van der Waals surface area contributed by atoms with E-state index in [0.717, 1.165) is 11.3 Å². The number of imide groups is 2. The SMILES string of the molecule is COc1cc(/C=C2\C(=O)NC(=O)N(CCCC(C)C)C2=O)ccc1O. The van der Waals surface area contributed by atoms with Gasteiger partial charge in [-0.3, -0.25) is 19.8 Å². The number of hydrogen-bond donors (Lipinski definition) is 2. The second kappa shape index (κ2) is 7.83. The van der Waals surface area contributed by atoms with Crippen molar-refractivity contribution in [2.24, 2.45) is 5.92 Å². The van der Waals surface area contributed by atoms with Gasteiger partial charge in [0, 0.05) is 6.54 Å². The molecule has 1 aromatic rings. The van der Waals surface area contributed by atoms with Crippen LogP contribution in [0.15, 0.2) is 23.8 Å². The molecule has 7 heteroatoms. The normalized spacial score (nSPS) is 16.6. The molecule has 0 bridgehead atoms. The van der Waals surface area contributed by atoms with Gasteiger partial charge < -0.3 is 9.84 Å². The molecule has 1 aliphatic heterocycles. The second-order valence-corrected chi connectivity index (χ2v) is 6.24. The molecule has 1 aliphatic rings. The van der Waals surface area contributed by atoms with Gasteiger partial charge in [-0.2, -0.15) is 0 Å². The van der Waals surface area contributed by atoms with Gasteiger partial charge in [0.2, 0.25) is 0 Å². The number of ether oxygens (including phenoxy) is 1. The lowest BCUT2D eigenvalue weighted by atomic mass is 10.1. The number of phenols is 1. The molecule has 2 N–H and O–H groups in total. The van der Waals surface area contributed by atoms with E-state index in [4.69, 9.17) is 4.74 Å². The molecule has 1 aromatic carbocycles. The Morgan fingerprint density at radius 1 is 1.28 bits per heavy atom. The number of nitrogens with one attached hydrogen (secondary N) is 1. The fraction of sp³-hybridized carbons (Fsp3) is 0.389. The Balaban J connectivity index is 2.25. The summed E-state index contributed by atoms with van der Waals surface area (Å²) < 4.78 is 5.01. The van der Waals surface area contributed by atoms with Crippen molar-refractivity contribution in [3.63, 3.8) is 0 Å². The molecule has 4 amide bonds. The van der Waals surface area contributed by atoms with Crippen molar-refractivity contribution in [3.05, 3.63) is 29.3 Å². The van der Waals surface area contributed by atoms with Crippen molar-refractivity contribution in [3.8, 4) is 11.5 Å². The van der Waals surface area contributed by atoms with Crippen molar-refractivity contribution in [1.82, 2.24) is 10.2 Å². The van der Waals surface area contributed by atoms with Crippen LogP contribution in [0.2, 0.25) is 0 Å². The van der Waals surface area contributed by atoms with Crippen molar-refractivity contribution in [2.45, 2.75) is 26.7 Å². The van der Waals surface area contributed by atoms with Crippen molar-refractivity contribution < 1.29 is 24.2 Å². The number of carbonyl (C=O) groups is 3. The maximum Gasteiger partial charge on any atom is 0.331 e. The monoisotopic (exact) mass is 346 g/mol. The molecular weight excluding hydrogens is 324 g/mol. The van der Waals surface area contributed by atoms with Crippen molar-refractivity contribution in [2.75, 3.05) is 13.7 Å². The third kappa shape index (κ3) is 4.37. The number of aromatic hydroxyl groups is 1. The van der Waals surface area contributed by atoms with Crippen LogP contribution in [0.5, 0.6) is 11.5 Å². The minimum atomic E-state index is -0.734. The molecule has 0 atom stereocenters. The zero-order valence-electron chi connectivity index (χ0n) is 14.5. The molecule has 2 rings (SSSR count). The first kappa shape index (κ1) is 18.5. The quantitative estimate of drug-likeness (QED) is 0.609. The first-order valence-corrected chi connectivity index (χ1v) is 8.09. The van der Waals surface area contributed by atoms with Crippen LogP contribution in [-0.4, -0.2) is 41.5 Å². The second-order valence-electron chi connectivity index (χ2n) is 6.24. The summed E-state index contributed by atoms with van der Waals surface area (Å²) >= 11 is 0. The number of carbonyl (C=O) groups excluding carboxylic acids is 3. The highest BCUT2D eigenvalue weighted by molar-refractivity contribution is 6.31. The molecule has 0 saturated carbocycles. The topological polar surface area (TPSA) is 95.9 Å². The summed E-state index contributed by atoms with van der Waals surface area (Å²) in [6, 6.07) is 3.76. The van der Waals surface area contributed by atoms with E-state index in [9.17, 15) is 19.5 Å². The Morgan fingerprint density at radius 3 is 2.64 bits per heavy atom. The molecule has 7 nitrogen and oxygen atoms in total. The van der Waals surface area contributed by atoms with E-state index in [1.165, 1.54) is 25.3 Å². The summed E-state index contributed by atoms with van der Waals surface area (Å²) in [5.74, 6) is -0.715. The van der Waals surface area contributed by atoms with Gasteiger partial charge in [0.1, 0.15) is 5.57 Å². The predicted molar refractivity (Wildman–Crippen MR) is 92.0 cm³/mol. The first-order chi connectivity index (χ1) is 11.8. The summed E-state index contributed by atoms with van der Waals surface area (Å²) in [6.45, 7) is 4.38. The van der Waals surface area contributed by atoms with E-state index >= 15 is 0 Å². The highest BCUT2D eigenvalue weighted by Crippen LogP contribution is 2.27. The van der Waals surface area contributed by atoms with E-state index in [-0.39, 0.29) is 23.6 Å². The zero-order chi connectivity index (χ0) is 18.6. The number of phenolic OH excluding ortho intramolecular Hbond substituents is 1. The average Bonchev–Trinajstić information content (AvgIpc) is 2.55. The van der Waals surface area contributed by atoms with Gasteiger partial charge in [0.25, 0.3) is 11.8 Å². The highest BCUT2D eigenvalue weighted by Gasteiger charge is 2.35. The molecule has 0 radical (unpaired) electrons. The lowest BCUT2D eigenvalue weighted by Crippen LogP contribution is -2.54. The minimum absolute atomic E-state index is 0.0467. The molecule has 1 saturated heterocycles. The zero-order valence-corrected chi connectivity index (χ0v) is 14.5. The van der Waals surface area contributed by atoms with E-state index in [2.05, 4.69) is 19.2 Å². The molecule has 1 fully saturated rings. The molecule has 0 spiro atoms. The largest absolute Gasteiger partial charge is 0.504 e. The lowest BCUT2D eigenvalue weighted by molar-refractivity contribution is -0.130. The van der Waals surface area contributed by atoms with Crippen molar-refractivity contribution >= 4 is 23.9 Å². The molecule has 1 heterocycles. The van der Waals surface area contributed by atoms with Gasteiger partial charge in [0.05, 0.1) is 7.11 Å². The summed E-state index contributed by atoms with van der Waals surface area (Å²) in [4.78, 5) is 37.6. The maximum atomic E-state index is 12.5. The van der Waals surface area contributed by atoms with Crippen LogP contribution in [0.3, 0.4) is 0 Å². The molecule has 0 aliphatic carbocycles. The van der Waals surface area contributed by atoms with E-state index in [1.807, 2.05) is 0 Å². The third-order valence-electron chi connectivity index (χ3n) is 3.86. The van der Waals surface area contributed by atoms with Gasteiger partial charge in [-0.15, -0.1) is 0 Å². The highest BCUT2D eigenvalue weighted by atomic mass is 16.5. The molecular formula is C18H22N2O5. The van der Waals surface area contributed by atoms with Crippen LogP contribution < -0.4 is 10.1 Å². The number of urea groups is 1. The van der Waals surface area contributed by atoms with Crippen LogP contribution in [0.1, 0.15) is 32.3 Å². The molecule has 134 valence electrons. The van der Waals surface area contributed by atoms with Gasteiger partial charge in [0.15, 0.2) is 11.5 Å². The standard InChI is InChI=1S/C18H22N2O5/c1-11(2)5-4-8-20-17(23)13(16(22)19-18(20)24)9-12-6-7-14(21)15(10-12)25-3/h6-7,9-11,21H,4-5,8H2,1-3H3,(H,19,22,24)/b13-9+. The Kier molecular flexibility index (Phi) is 5.80. The van der Waals surface area contributed by atoms with Crippen LogP contribution in [0.25, 0.3) is 6.08 Å². The number of barbiturate groups is 1. The fourth-order valence-electron chi connectivity index (χ4n) is 2.51. The van der Waals surface area contributed by atoms with E-state index in [0.29, 0.717) is 17.9 Å².